The monoisotopic (exact) mass is 424 g/mol. The molecule has 1 amide bonds. The highest BCUT2D eigenvalue weighted by atomic mass is 16.5. The third-order valence-electron chi connectivity index (χ3n) is 5.44. The Balaban J connectivity index is 2.11. The second kappa shape index (κ2) is 9.22. The Labute approximate surface area is 182 Å². The molecule has 1 atom stereocenters. The van der Waals surface area contributed by atoms with E-state index in [4.69, 9.17) is 4.74 Å². The van der Waals surface area contributed by atoms with Crippen molar-refractivity contribution in [3.63, 3.8) is 0 Å². The van der Waals surface area contributed by atoms with Gasteiger partial charge in [0.2, 0.25) is 0 Å². The Morgan fingerprint density at radius 1 is 1.13 bits per heavy atom. The molecule has 3 rings (SSSR count). The van der Waals surface area contributed by atoms with E-state index in [1.165, 1.54) is 17.0 Å². The predicted molar refractivity (Wildman–Crippen MR) is 118 cm³/mol. The normalized spacial score (nSPS) is 18.1. The second-order valence-corrected chi connectivity index (χ2v) is 7.92. The second-order valence-electron chi connectivity index (χ2n) is 7.92. The van der Waals surface area contributed by atoms with Crippen molar-refractivity contribution in [1.29, 1.82) is 0 Å². The number of phenols is 1. The van der Waals surface area contributed by atoms with Gasteiger partial charge in [0.1, 0.15) is 17.3 Å². The van der Waals surface area contributed by atoms with Crippen LogP contribution in [-0.2, 0) is 9.59 Å². The summed E-state index contributed by atoms with van der Waals surface area (Å²) in [6, 6.07) is 10.8. The van der Waals surface area contributed by atoms with Gasteiger partial charge >= 0.3 is 0 Å². The van der Waals surface area contributed by atoms with Gasteiger partial charge in [-0.1, -0.05) is 12.1 Å². The highest BCUT2D eigenvalue weighted by molar-refractivity contribution is 6.46. The van der Waals surface area contributed by atoms with Crippen LogP contribution in [0.5, 0.6) is 11.5 Å². The van der Waals surface area contributed by atoms with E-state index in [1.807, 2.05) is 19.0 Å². The summed E-state index contributed by atoms with van der Waals surface area (Å²) in [7, 11) is 5.44. The number of hydrogen-bond donors (Lipinski definition) is 2. The highest BCUT2D eigenvalue weighted by Crippen LogP contribution is 2.40. The van der Waals surface area contributed by atoms with Crippen LogP contribution >= 0.6 is 0 Å². The van der Waals surface area contributed by atoms with E-state index < -0.39 is 17.7 Å². The van der Waals surface area contributed by atoms with E-state index in [-0.39, 0.29) is 17.1 Å². The first-order valence-electron chi connectivity index (χ1n) is 10.1. The molecule has 0 aromatic heterocycles. The van der Waals surface area contributed by atoms with E-state index in [9.17, 15) is 19.8 Å². The zero-order valence-corrected chi connectivity index (χ0v) is 18.3. The molecule has 0 bridgehead atoms. The average molecular weight is 424 g/mol. The topological polar surface area (TPSA) is 90.3 Å². The van der Waals surface area contributed by atoms with Crippen molar-refractivity contribution in [1.82, 2.24) is 9.80 Å². The van der Waals surface area contributed by atoms with Crippen molar-refractivity contribution in [2.24, 2.45) is 0 Å². The molecular weight excluding hydrogens is 396 g/mol. The molecular formula is C24H28N2O5. The Bertz CT molecular complexity index is 1010. The van der Waals surface area contributed by atoms with E-state index >= 15 is 0 Å². The Kier molecular flexibility index (Phi) is 6.65. The van der Waals surface area contributed by atoms with Crippen molar-refractivity contribution >= 4 is 17.4 Å². The van der Waals surface area contributed by atoms with E-state index in [0.717, 1.165) is 12.1 Å². The third-order valence-corrected chi connectivity index (χ3v) is 5.44. The minimum absolute atomic E-state index is 0.0498. The lowest BCUT2D eigenvalue weighted by Crippen LogP contribution is -2.32. The van der Waals surface area contributed by atoms with Gasteiger partial charge in [-0.3, -0.25) is 9.59 Å². The summed E-state index contributed by atoms with van der Waals surface area (Å²) in [5.74, 6) is -0.848. The largest absolute Gasteiger partial charge is 0.508 e. The molecule has 1 aliphatic rings. The van der Waals surface area contributed by atoms with Crippen LogP contribution in [0.15, 0.2) is 48.0 Å². The van der Waals surface area contributed by atoms with Crippen LogP contribution in [0.1, 0.15) is 29.2 Å². The van der Waals surface area contributed by atoms with Gasteiger partial charge in [-0.25, -0.2) is 0 Å². The molecule has 2 aromatic carbocycles. The number of likely N-dealkylation sites (tertiary alicyclic amines) is 1. The fraction of sp³-hybridized carbons (Fsp3) is 0.333. The quantitative estimate of drug-likeness (QED) is 0.403. The zero-order chi connectivity index (χ0) is 22.7. The third kappa shape index (κ3) is 4.56. The zero-order valence-electron chi connectivity index (χ0n) is 18.3. The summed E-state index contributed by atoms with van der Waals surface area (Å²) in [4.78, 5) is 29.4. The number of aliphatic hydroxyl groups is 1. The van der Waals surface area contributed by atoms with Gasteiger partial charge in [-0.2, -0.15) is 0 Å². The minimum atomic E-state index is -0.732. The molecule has 1 fully saturated rings. The number of phenolic OH excluding ortho intramolecular Hbond substituents is 1. The van der Waals surface area contributed by atoms with E-state index in [1.54, 1.807) is 44.4 Å². The van der Waals surface area contributed by atoms with Gasteiger partial charge in [0.25, 0.3) is 11.7 Å². The maximum Gasteiger partial charge on any atom is 0.295 e. The summed E-state index contributed by atoms with van der Waals surface area (Å²) in [5, 5.41) is 20.8. The van der Waals surface area contributed by atoms with Crippen LogP contribution in [0.4, 0.5) is 0 Å². The van der Waals surface area contributed by atoms with Gasteiger partial charge in [0, 0.05) is 12.1 Å². The standard InChI is InChI=1S/C24H28N2O5/c1-15-14-18(31-4)10-11-19(15)22(28)20-21(16-6-8-17(27)9-7-16)26(24(30)23(20)29)13-5-12-25(2)3/h6-11,14,21,27-28H,5,12-13H2,1-4H3/t21-/m1/s1. The number of aliphatic hydroxyl groups excluding tert-OH is 1. The van der Waals surface area contributed by atoms with Gasteiger partial charge in [0.15, 0.2) is 0 Å². The lowest BCUT2D eigenvalue weighted by Gasteiger charge is -2.26. The highest BCUT2D eigenvalue weighted by Gasteiger charge is 2.45. The SMILES string of the molecule is COc1ccc(C(O)=C2C(=O)C(=O)N(CCCN(C)C)[C@@H]2c2ccc(O)cc2)c(C)c1. The molecule has 1 heterocycles. The van der Waals surface area contributed by atoms with Crippen LogP contribution in [0.2, 0.25) is 0 Å². The Morgan fingerprint density at radius 2 is 1.81 bits per heavy atom. The van der Waals surface area contributed by atoms with Crippen molar-refractivity contribution in [3.8, 4) is 11.5 Å². The number of carbonyl (C=O) groups excluding carboxylic acids is 2. The van der Waals surface area contributed by atoms with Gasteiger partial charge in [0.05, 0.1) is 18.7 Å². The molecule has 7 heteroatoms. The number of amides is 1. The first kappa shape index (κ1) is 22.4. The number of rotatable bonds is 7. The van der Waals surface area contributed by atoms with Crippen molar-refractivity contribution in [3.05, 3.63) is 64.7 Å². The number of nitrogens with zero attached hydrogens (tertiary/aromatic N) is 2. The molecule has 1 saturated heterocycles. The Morgan fingerprint density at radius 3 is 2.39 bits per heavy atom. The minimum Gasteiger partial charge on any atom is -0.508 e. The predicted octanol–water partition coefficient (Wildman–Crippen LogP) is 3.08. The first-order valence-corrected chi connectivity index (χ1v) is 10.1. The Hall–Kier alpha value is -3.32. The van der Waals surface area contributed by atoms with Crippen molar-refractivity contribution in [2.45, 2.75) is 19.4 Å². The smallest absolute Gasteiger partial charge is 0.295 e. The lowest BCUT2D eigenvalue weighted by atomic mass is 9.94. The van der Waals surface area contributed by atoms with E-state index in [2.05, 4.69) is 0 Å². The number of benzene rings is 2. The number of hydrogen-bond acceptors (Lipinski definition) is 6. The number of aromatic hydroxyl groups is 1. The lowest BCUT2D eigenvalue weighted by molar-refractivity contribution is -0.139. The summed E-state index contributed by atoms with van der Waals surface area (Å²) < 4.78 is 5.22. The van der Waals surface area contributed by atoms with Crippen molar-refractivity contribution in [2.75, 3.05) is 34.3 Å². The van der Waals surface area contributed by atoms with Crippen LogP contribution < -0.4 is 4.74 Å². The fourth-order valence-electron chi connectivity index (χ4n) is 3.85. The molecule has 0 saturated carbocycles. The molecule has 7 nitrogen and oxygen atoms in total. The van der Waals surface area contributed by atoms with Crippen molar-refractivity contribution < 1.29 is 24.5 Å². The summed E-state index contributed by atoms with van der Waals surface area (Å²) in [6.45, 7) is 2.93. The van der Waals surface area contributed by atoms with E-state index in [0.29, 0.717) is 29.8 Å². The molecule has 0 spiro atoms. The number of ketones is 1. The maximum absolute atomic E-state index is 13.0. The number of ether oxygens (including phenoxy) is 1. The number of carbonyl (C=O) groups is 2. The van der Waals surface area contributed by atoms with Crippen LogP contribution in [0.3, 0.4) is 0 Å². The molecule has 2 N–H and O–H groups in total. The molecule has 0 unspecified atom stereocenters. The molecule has 31 heavy (non-hydrogen) atoms. The van der Waals surface area contributed by atoms with Crippen LogP contribution in [0, 0.1) is 6.92 Å². The molecule has 2 aromatic rings. The first-order chi connectivity index (χ1) is 14.7. The maximum atomic E-state index is 13.0. The molecule has 0 radical (unpaired) electrons. The summed E-state index contributed by atoms with van der Waals surface area (Å²) in [6.07, 6.45) is 0.677. The van der Waals surface area contributed by atoms with Gasteiger partial charge < -0.3 is 24.7 Å². The van der Waals surface area contributed by atoms with Gasteiger partial charge in [-0.05, 0) is 75.4 Å². The van der Waals surface area contributed by atoms with Crippen LogP contribution in [0.25, 0.3) is 5.76 Å². The number of Topliss-reactive ketones (excluding diaryl/α,β-unsaturated/α-hetero) is 1. The molecule has 0 aliphatic carbocycles. The average Bonchev–Trinajstić information content (AvgIpc) is 2.98. The molecule has 164 valence electrons. The fourth-order valence-corrected chi connectivity index (χ4v) is 3.85. The summed E-state index contributed by atoms with van der Waals surface area (Å²) >= 11 is 0. The number of aryl methyl sites for hydroxylation is 1. The summed E-state index contributed by atoms with van der Waals surface area (Å²) in [5.41, 5.74) is 1.89. The van der Waals surface area contributed by atoms with Gasteiger partial charge in [-0.15, -0.1) is 0 Å². The number of methoxy groups -OCH3 is 1. The molecule has 1 aliphatic heterocycles. The van der Waals surface area contributed by atoms with Crippen LogP contribution in [-0.4, -0.2) is 66.0 Å².